The number of hydrogen-bond donors (Lipinski definition) is 1. The van der Waals surface area contributed by atoms with Crippen molar-refractivity contribution in [1.82, 2.24) is 9.88 Å². The van der Waals surface area contributed by atoms with E-state index in [1.165, 1.54) is 89.2 Å². The van der Waals surface area contributed by atoms with E-state index in [-0.39, 0.29) is 0 Å². The van der Waals surface area contributed by atoms with Crippen molar-refractivity contribution in [1.29, 1.82) is 0 Å². The molecule has 0 unspecified atom stereocenters. The van der Waals surface area contributed by atoms with Crippen LogP contribution in [-0.4, -0.2) is 71.0 Å². The van der Waals surface area contributed by atoms with Crippen LogP contribution in [0.15, 0.2) is 125 Å². The van der Waals surface area contributed by atoms with Gasteiger partial charge in [-0.2, -0.15) is 0 Å². The largest absolute Gasteiger partial charge is 0.377 e. The zero-order valence-corrected chi connectivity index (χ0v) is 39.0. The highest BCUT2D eigenvalue weighted by molar-refractivity contribution is 6.00. The van der Waals surface area contributed by atoms with Crippen molar-refractivity contribution in [3.8, 4) is 5.69 Å². The molecule has 0 saturated carbocycles. The summed E-state index contributed by atoms with van der Waals surface area (Å²) in [6, 6.07) is 34.9. The first-order valence-electron chi connectivity index (χ1n) is 22.5. The van der Waals surface area contributed by atoms with Gasteiger partial charge in [0.15, 0.2) is 5.69 Å². The maximum Gasteiger partial charge on any atom is 0.239 e. The van der Waals surface area contributed by atoms with Gasteiger partial charge in [-0.15, -0.1) is 4.57 Å². The number of nitrogens with two attached hydrogens (primary N) is 1. The van der Waals surface area contributed by atoms with Gasteiger partial charge in [0.2, 0.25) is 16.7 Å². The van der Waals surface area contributed by atoms with Gasteiger partial charge < -0.3 is 19.6 Å². The van der Waals surface area contributed by atoms with Crippen LogP contribution in [0.4, 0.5) is 34.1 Å². The van der Waals surface area contributed by atoms with Crippen LogP contribution in [0.25, 0.3) is 27.8 Å². The van der Waals surface area contributed by atoms with Crippen molar-refractivity contribution in [2.45, 2.75) is 72.6 Å². The number of rotatable bonds is 17. The molecule has 1 aromatic heterocycles. The topological polar surface area (TPSA) is 58.7 Å². The Labute approximate surface area is 370 Å². The second-order valence-electron chi connectivity index (χ2n) is 17.8. The van der Waals surface area contributed by atoms with Crippen LogP contribution in [0, 0.1) is 20.8 Å². The average molecular weight is 829 g/mol. The lowest BCUT2D eigenvalue weighted by Gasteiger charge is -2.26. The normalized spacial score (nSPS) is 13.4. The average Bonchev–Trinajstić information content (AvgIpc) is 3.24. The molecule has 322 valence electrons. The maximum absolute atomic E-state index is 5.23. The van der Waals surface area contributed by atoms with Crippen molar-refractivity contribution in [3.05, 3.63) is 137 Å². The number of fused-ring (bicyclic) bond motifs is 2. The van der Waals surface area contributed by atoms with Crippen molar-refractivity contribution >= 4 is 61.9 Å². The van der Waals surface area contributed by atoms with Crippen LogP contribution in [0.2, 0.25) is 0 Å². The van der Waals surface area contributed by atoms with Gasteiger partial charge in [0, 0.05) is 121 Å². The van der Waals surface area contributed by atoms with E-state index in [9.17, 15) is 0 Å². The summed E-state index contributed by atoms with van der Waals surface area (Å²) in [6.07, 6.45) is 12.9. The second-order valence-corrected chi connectivity index (χ2v) is 17.8. The minimum atomic E-state index is 0.835. The Bertz CT molecular complexity index is 2610. The standard InChI is InChI=1S/C54H67N8/c1-38-31-43(56-45-32-39(2)50(58(5)6)35-46(45)55-42-23-17-15-18-24-42)27-28-49(38)60(9)29-21-13-11-12-14-22-30-61(10)52-37-54-48(34-41(52)4)57-47-33-40(3)51(59(7)8)36-53(47)62(54)44-25-19-16-20-26-44/h15-20,23-26,28,31-37,55H,11-14,21-22,27,29-30H2,1-10H3/q+1/p+1. The lowest BCUT2D eigenvalue weighted by Crippen LogP contribution is -2.71. The molecule has 0 bridgehead atoms. The highest BCUT2D eigenvalue weighted by atomic mass is 15.1. The predicted octanol–water partition coefficient (Wildman–Crippen LogP) is 11.0. The van der Waals surface area contributed by atoms with Crippen molar-refractivity contribution < 1.29 is 9.88 Å². The van der Waals surface area contributed by atoms with Gasteiger partial charge in [0.25, 0.3) is 0 Å². The van der Waals surface area contributed by atoms with Crippen LogP contribution >= 0.6 is 0 Å². The minimum absolute atomic E-state index is 0.835. The van der Waals surface area contributed by atoms with E-state index >= 15 is 0 Å². The number of unbranched alkanes of at least 4 members (excludes halogenated alkanes) is 5. The summed E-state index contributed by atoms with van der Waals surface area (Å²) in [5, 5.41) is 2.24. The molecule has 1 aliphatic rings. The Morgan fingerprint density at radius 2 is 1.13 bits per heavy atom. The third kappa shape index (κ3) is 10.2. The fourth-order valence-electron chi connectivity index (χ4n) is 9.09. The number of hydrogen-bond acceptors (Lipinski definition) is 6. The summed E-state index contributed by atoms with van der Waals surface area (Å²) in [5.74, 6) is 0. The number of likely N-dealkylation sites (N-methyl/N-ethyl adjacent to an activating group) is 1. The highest BCUT2D eigenvalue weighted by Gasteiger charge is 2.24. The summed E-state index contributed by atoms with van der Waals surface area (Å²) in [6.45, 7) is 10.9. The Kier molecular flexibility index (Phi) is 14.1. The number of quaternary nitrogens is 1. The molecule has 0 fully saturated rings. The van der Waals surface area contributed by atoms with Crippen molar-refractivity contribution in [2.24, 2.45) is 4.99 Å². The number of benzene rings is 5. The number of para-hydroxylation sites is 2. The second kappa shape index (κ2) is 19.8. The minimum Gasteiger partial charge on any atom is -0.377 e. The molecule has 1 aliphatic carbocycles. The monoisotopic (exact) mass is 829 g/mol. The van der Waals surface area contributed by atoms with Gasteiger partial charge in [-0.3, -0.25) is 5.32 Å². The molecule has 0 spiro atoms. The molecule has 0 amide bonds. The molecule has 62 heavy (non-hydrogen) atoms. The number of nitrogens with zero attached hydrogens (tertiary/aromatic N) is 7. The van der Waals surface area contributed by atoms with Gasteiger partial charge in [-0.1, -0.05) is 68.2 Å². The van der Waals surface area contributed by atoms with Crippen LogP contribution in [0.5, 0.6) is 0 Å². The lowest BCUT2D eigenvalue weighted by molar-refractivity contribution is -0.538. The number of aromatic nitrogens is 2. The quantitative estimate of drug-likeness (QED) is 0.0430. The van der Waals surface area contributed by atoms with E-state index in [2.05, 4.69) is 209 Å². The van der Waals surface area contributed by atoms with Gasteiger partial charge in [0.05, 0.1) is 0 Å². The van der Waals surface area contributed by atoms with Gasteiger partial charge in [-0.05, 0) is 99.2 Å². The fourth-order valence-corrected chi connectivity index (χ4v) is 9.09. The molecule has 1 heterocycles. The SMILES string of the molecule is CC1=CC(=Nc2cc(C)c(N(C)C)cc2[NH2+]c2ccccc2)CC=C1N(C)CCCCCCCCN(C)c1cc2c(cc1C)nc1cc(C)c(N(C)C)cc1[n+]2-c1ccccc1. The molecule has 0 aliphatic heterocycles. The van der Waals surface area contributed by atoms with Gasteiger partial charge in [-0.25, -0.2) is 9.98 Å². The van der Waals surface area contributed by atoms with E-state index in [1.54, 1.807) is 0 Å². The summed E-state index contributed by atoms with van der Waals surface area (Å²) in [7, 11) is 12.9. The Morgan fingerprint density at radius 3 is 1.74 bits per heavy atom. The summed E-state index contributed by atoms with van der Waals surface area (Å²) >= 11 is 0. The van der Waals surface area contributed by atoms with Crippen molar-refractivity contribution in [2.75, 3.05) is 70.1 Å². The Balaban J connectivity index is 0.913. The predicted molar refractivity (Wildman–Crippen MR) is 265 cm³/mol. The summed E-state index contributed by atoms with van der Waals surface area (Å²) in [4.78, 5) is 19.7. The number of aliphatic imine (C=N–C) groups is 1. The maximum atomic E-state index is 5.23. The van der Waals surface area contributed by atoms with Crippen LogP contribution in [0.3, 0.4) is 0 Å². The van der Waals surface area contributed by atoms with E-state index < -0.39 is 0 Å². The molecular formula is C54H68N8+2. The Morgan fingerprint density at radius 1 is 0.597 bits per heavy atom. The zero-order chi connectivity index (χ0) is 43.9. The first-order chi connectivity index (χ1) is 29.9. The van der Waals surface area contributed by atoms with Gasteiger partial charge >= 0.3 is 0 Å². The van der Waals surface area contributed by atoms with E-state index in [0.717, 1.165) is 64.4 Å². The summed E-state index contributed by atoms with van der Waals surface area (Å²) in [5.41, 5.74) is 19.9. The molecular weight excluding hydrogens is 761 g/mol. The smallest absolute Gasteiger partial charge is 0.239 e. The molecule has 2 N–H and O–H groups in total. The van der Waals surface area contributed by atoms with Crippen LogP contribution in [-0.2, 0) is 0 Å². The first-order valence-corrected chi connectivity index (χ1v) is 22.5. The van der Waals surface area contributed by atoms with Crippen LogP contribution in [0.1, 0.15) is 68.6 Å². The fraction of sp³-hybridized carbons (Fsp3) is 0.352. The molecule has 7 rings (SSSR count). The molecule has 5 aromatic carbocycles. The van der Waals surface area contributed by atoms with Crippen molar-refractivity contribution in [3.63, 3.8) is 0 Å². The molecule has 0 radical (unpaired) electrons. The number of aryl methyl sites for hydroxylation is 3. The molecule has 0 saturated heterocycles. The van der Waals surface area contributed by atoms with Crippen LogP contribution < -0.4 is 24.6 Å². The molecule has 6 aromatic rings. The third-order valence-corrected chi connectivity index (χ3v) is 12.4. The Hall–Kier alpha value is -5.99. The first kappa shape index (κ1) is 44.1. The zero-order valence-electron chi connectivity index (χ0n) is 39.0. The molecule has 8 nitrogen and oxygen atoms in total. The van der Waals surface area contributed by atoms with E-state index in [1.807, 2.05) is 0 Å². The highest BCUT2D eigenvalue weighted by Crippen LogP contribution is 2.33. The van der Waals surface area contributed by atoms with Gasteiger partial charge in [0.1, 0.15) is 22.4 Å². The number of allylic oxidation sites excluding steroid dienone is 3. The molecule has 0 atom stereocenters. The summed E-state index contributed by atoms with van der Waals surface area (Å²) < 4.78 is 2.39. The lowest BCUT2D eigenvalue weighted by atomic mass is 10.0. The third-order valence-electron chi connectivity index (χ3n) is 12.4. The molecule has 8 heteroatoms. The van der Waals surface area contributed by atoms with E-state index in [0.29, 0.717) is 0 Å². The number of anilines is 3. The van der Waals surface area contributed by atoms with E-state index in [4.69, 9.17) is 9.98 Å².